The lowest BCUT2D eigenvalue weighted by atomic mass is 9.81. The molecular weight excluding hydrogens is 458 g/mol. The fraction of sp³-hybridized carbons (Fsp3) is 0.615. The quantitative estimate of drug-likeness (QED) is 0.326. The van der Waals surface area contributed by atoms with Crippen LogP contribution >= 0.6 is 11.3 Å². The second kappa shape index (κ2) is 9.72. The zero-order chi connectivity index (χ0) is 23.8. The average molecular weight is 498 g/mol. The molecule has 1 atom stereocenters. The van der Waals surface area contributed by atoms with E-state index in [4.69, 9.17) is 14.7 Å². The highest BCUT2D eigenvalue weighted by Crippen LogP contribution is 2.40. The number of pyridine rings is 1. The van der Waals surface area contributed by atoms with E-state index in [-0.39, 0.29) is 5.54 Å². The topological polar surface area (TPSA) is 55.2 Å². The number of nitrogens with one attached hydrogen (secondary N) is 1. The van der Waals surface area contributed by atoms with Gasteiger partial charge in [0, 0.05) is 56.6 Å². The molecule has 3 aromatic rings. The van der Waals surface area contributed by atoms with Crippen LogP contribution in [-0.4, -0.2) is 54.4 Å². The maximum Gasteiger partial charge on any atom is 0.144 e. The Morgan fingerprint density at radius 3 is 2.79 bits per heavy atom. The molecule has 2 aliphatic heterocycles. The van der Waals surface area contributed by atoms with Gasteiger partial charge in [0.15, 0.2) is 0 Å². The highest BCUT2D eigenvalue weighted by molar-refractivity contribution is 7.09. The van der Waals surface area contributed by atoms with Crippen LogP contribution in [0.3, 0.4) is 0 Å². The van der Waals surface area contributed by atoms with Crippen molar-refractivity contribution in [3.8, 4) is 11.3 Å². The lowest BCUT2D eigenvalue weighted by molar-refractivity contribution is 0.0899. The molecular formula is C26H39N5OSSi. The minimum atomic E-state index is -1.12. The van der Waals surface area contributed by atoms with Gasteiger partial charge < -0.3 is 19.5 Å². The van der Waals surface area contributed by atoms with E-state index in [0.29, 0.717) is 6.73 Å². The Kier molecular flexibility index (Phi) is 6.85. The maximum absolute atomic E-state index is 6.15. The second-order valence-electron chi connectivity index (χ2n) is 11.3. The van der Waals surface area contributed by atoms with Crippen LogP contribution in [-0.2, 0) is 11.5 Å². The molecule has 1 spiro atoms. The van der Waals surface area contributed by atoms with Crippen molar-refractivity contribution in [1.29, 1.82) is 0 Å². The van der Waals surface area contributed by atoms with Crippen molar-refractivity contribution < 1.29 is 4.74 Å². The van der Waals surface area contributed by atoms with Gasteiger partial charge in [0.1, 0.15) is 12.4 Å². The van der Waals surface area contributed by atoms with Crippen molar-refractivity contribution in [2.45, 2.75) is 77.0 Å². The van der Waals surface area contributed by atoms with Crippen molar-refractivity contribution in [2.24, 2.45) is 0 Å². The van der Waals surface area contributed by atoms with Crippen molar-refractivity contribution >= 4 is 36.1 Å². The minimum absolute atomic E-state index is 0.256. The summed E-state index contributed by atoms with van der Waals surface area (Å²) in [6.07, 6.45) is 10.6. The van der Waals surface area contributed by atoms with Crippen LogP contribution < -0.4 is 10.2 Å². The molecule has 3 aromatic heterocycles. The number of thiazole rings is 1. The SMILES string of the molecule is Cc1nc(-c2cn(COCC[Si](C)(C)C)c3nccc(N4CCCC5(CCCCN5)C4)c23)cs1. The predicted octanol–water partition coefficient (Wildman–Crippen LogP) is 5.89. The molecule has 34 heavy (non-hydrogen) atoms. The average Bonchev–Trinajstić information content (AvgIpc) is 3.40. The lowest BCUT2D eigenvalue weighted by Crippen LogP contribution is -2.59. The van der Waals surface area contributed by atoms with Gasteiger partial charge in [-0.05, 0) is 51.3 Å². The molecule has 8 heteroatoms. The van der Waals surface area contributed by atoms with Crippen LogP contribution in [0.15, 0.2) is 23.8 Å². The monoisotopic (exact) mass is 497 g/mol. The van der Waals surface area contributed by atoms with Crippen molar-refractivity contribution in [1.82, 2.24) is 19.9 Å². The summed E-state index contributed by atoms with van der Waals surface area (Å²) in [5, 5.41) is 8.38. The zero-order valence-electron chi connectivity index (χ0n) is 21.2. The summed E-state index contributed by atoms with van der Waals surface area (Å²) in [6, 6.07) is 3.38. The van der Waals surface area contributed by atoms with Gasteiger partial charge in [-0.3, -0.25) is 0 Å². The number of hydrogen-bond acceptors (Lipinski definition) is 6. The third-order valence-electron chi connectivity index (χ3n) is 7.36. The third-order valence-corrected chi connectivity index (χ3v) is 9.83. The zero-order valence-corrected chi connectivity index (χ0v) is 23.0. The van der Waals surface area contributed by atoms with E-state index >= 15 is 0 Å². The summed E-state index contributed by atoms with van der Waals surface area (Å²) in [7, 11) is -1.12. The summed E-state index contributed by atoms with van der Waals surface area (Å²) in [4.78, 5) is 12.3. The van der Waals surface area contributed by atoms with Gasteiger partial charge in [-0.2, -0.15) is 0 Å². The molecule has 0 amide bonds. The number of fused-ring (bicyclic) bond motifs is 1. The summed E-state index contributed by atoms with van der Waals surface area (Å²) >= 11 is 1.71. The molecule has 0 bridgehead atoms. The van der Waals surface area contributed by atoms with Crippen LogP contribution in [0.2, 0.25) is 25.7 Å². The molecule has 1 unspecified atom stereocenters. The predicted molar refractivity (Wildman–Crippen MR) is 146 cm³/mol. The van der Waals surface area contributed by atoms with Gasteiger partial charge in [0.2, 0.25) is 0 Å². The number of ether oxygens (including phenoxy) is 1. The number of anilines is 1. The lowest BCUT2D eigenvalue weighted by Gasteiger charge is -2.47. The number of rotatable bonds is 7. The Bertz CT molecular complexity index is 1120. The summed E-state index contributed by atoms with van der Waals surface area (Å²) < 4.78 is 8.34. The van der Waals surface area contributed by atoms with Crippen LogP contribution in [0.4, 0.5) is 5.69 Å². The van der Waals surface area contributed by atoms with Crippen LogP contribution in [0.5, 0.6) is 0 Å². The van der Waals surface area contributed by atoms with Crippen molar-refractivity contribution in [3.63, 3.8) is 0 Å². The van der Waals surface area contributed by atoms with Gasteiger partial charge in [0.25, 0.3) is 0 Å². The van der Waals surface area contributed by atoms with E-state index in [1.807, 2.05) is 6.20 Å². The molecule has 0 aromatic carbocycles. The molecule has 5 rings (SSSR count). The molecule has 0 aliphatic carbocycles. The Labute approximate surface area is 208 Å². The molecule has 2 aliphatic rings. The summed E-state index contributed by atoms with van der Waals surface area (Å²) in [5.74, 6) is 0. The van der Waals surface area contributed by atoms with Gasteiger partial charge in [0.05, 0.1) is 21.8 Å². The molecule has 5 heterocycles. The Morgan fingerprint density at radius 1 is 1.21 bits per heavy atom. The fourth-order valence-electron chi connectivity index (χ4n) is 5.50. The first-order valence-electron chi connectivity index (χ1n) is 12.8. The number of nitrogens with zero attached hydrogens (tertiary/aromatic N) is 4. The van der Waals surface area contributed by atoms with E-state index in [1.165, 1.54) is 54.8 Å². The normalized spacial score (nSPS) is 21.6. The van der Waals surface area contributed by atoms with Crippen molar-refractivity contribution in [2.75, 3.05) is 31.1 Å². The van der Waals surface area contributed by atoms with E-state index < -0.39 is 8.07 Å². The van der Waals surface area contributed by atoms with Gasteiger partial charge in [-0.15, -0.1) is 11.3 Å². The number of piperidine rings is 2. The number of aryl methyl sites for hydroxylation is 1. The van der Waals surface area contributed by atoms with E-state index in [0.717, 1.165) is 42.6 Å². The van der Waals surface area contributed by atoms with Crippen LogP contribution in [0.1, 0.15) is 37.1 Å². The number of aromatic nitrogens is 3. The Balaban J connectivity index is 1.50. The minimum Gasteiger partial charge on any atom is -0.369 e. The molecule has 2 fully saturated rings. The first kappa shape index (κ1) is 24.0. The van der Waals surface area contributed by atoms with Crippen LogP contribution in [0, 0.1) is 6.92 Å². The van der Waals surface area contributed by atoms with Gasteiger partial charge in [-0.25, -0.2) is 9.97 Å². The molecule has 0 radical (unpaired) electrons. The largest absolute Gasteiger partial charge is 0.369 e. The first-order valence-corrected chi connectivity index (χ1v) is 17.4. The highest BCUT2D eigenvalue weighted by Gasteiger charge is 2.37. The summed E-state index contributed by atoms with van der Waals surface area (Å²) in [6.45, 7) is 13.9. The highest BCUT2D eigenvalue weighted by atomic mass is 32.1. The Hall–Kier alpha value is -1.74. The molecule has 6 nitrogen and oxygen atoms in total. The van der Waals surface area contributed by atoms with E-state index in [1.54, 1.807) is 11.3 Å². The fourth-order valence-corrected chi connectivity index (χ4v) is 6.87. The molecule has 2 saturated heterocycles. The summed E-state index contributed by atoms with van der Waals surface area (Å²) in [5.41, 5.74) is 4.77. The standard InChI is InChI=1S/C26H39N5OSSi/c1-20-29-22(17-33-20)21-16-31(19-32-14-15-34(2,3)4)25-24(21)23(8-12-27-25)30-13-7-10-26(18-30)9-5-6-11-28-26/h8,12,16-17,28H,5-7,9-11,13-15,18-19H2,1-4H3. The third kappa shape index (κ3) is 5.10. The van der Waals surface area contributed by atoms with Gasteiger partial charge in [-0.1, -0.05) is 26.1 Å². The van der Waals surface area contributed by atoms with Gasteiger partial charge >= 0.3 is 0 Å². The number of hydrogen-bond donors (Lipinski definition) is 1. The second-order valence-corrected chi connectivity index (χ2v) is 18.0. The maximum atomic E-state index is 6.15. The smallest absolute Gasteiger partial charge is 0.144 e. The van der Waals surface area contributed by atoms with Crippen molar-refractivity contribution in [3.05, 3.63) is 28.8 Å². The first-order chi connectivity index (χ1) is 16.3. The van der Waals surface area contributed by atoms with Crippen LogP contribution in [0.25, 0.3) is 22.3 Å². The van der Waals surface area contributed by atoms with E-state index in [2.05, 4.69) is 59.0 Å². The molecule has 184 valence electrons. The Morgan fingerprint density at radius 2 is 2.06 bits per heavy atom. The molecule has 0 saturated carbocycles. The molecule has 1 N–H and O–H groups in total. The van der Waals surface area contributed by atoms with E-state index in [9.17, 15) is 0 Å².